The van der Waals surface area contributed by atoms with Crippen LogP contribution in [0.1, 0.15) is 25.7 Å². The average molecular weight is 400 g/mol. The first-order valence-corrected chi connectivity index (χ1v) is 9.12. The maximum Gasteiger partial charge on any atom is 0.417 e. The van der Waals surface area contributed by atoms with E-state index >= 15 is 0 Å². The molecule has 0 aromatic heterocycles. The third-order valence-electron chi connectivity index (χ3n) is 5.40. The van der Waals surface area contributed by atoms with E-state index in [0.29, 0.717) is 25.1 Å². The second kappa shape index (κ2) is 7.50. The molecule has 4 N–H and O–H groups in total. The molecule has 0 spiro atoms. The van der Waals surface area contributed by atoms with Crippen LogP contribution in [0.5, 0.6) is 0 Å². The highest BCUT2D eigenvalue weighted by atomic mass is 19.4. The van der Waals surface area contributed by atoms with Gasteiger partial charge in [0.15, 0.2) is 5.60 Å². The van der Waals surface area contributed by atoms with Gasteiger partial charge >= 0.3 is 12.2 Å². The van der Waals surface area contributed by atoms with Crippen LogP contribution >= 0.6 is 0 Å². The van der Waals surface area contributed by atoms with Crippen LogP contribution in [0.15, 0.2) is 24.3 Å². The van der Waals surface area contributed by atoms with Crippen molar-refractivity contribution in [1.82, 2.24) is 5.32 Å². The van der Waals surface area contributed by atoms with Gasteiger partial charge in [0.1, 0.15) is 6.04 Å². The lowest BCUT2D eigenvalue weighted by Crippen LogP contribution is -2.53. The summed E-state index contributed by atoms with van der Waals surface area (Å²) in [4.78, 5) is 26.9. The van der Waals surface area contributed by atoms with Crippen LogP contribution in [0.3, 0.4) is 0 Å². The first-order chi connectivity index (χ1) is 13.1. The fraction of sp³-hybridized carbons (Fsp3) is 0.556. The van der Waals surface area contributed by atoms with Crippen LogP contribution < -0.4 is 20.9 Å². The number of nitrogens with two attached hydrogens (primary N) is 1. The van der Waals surface area contributed by atoms with Crippen LogP contribution in [0.4, 0.5) is 29.3 Å². The SMILES string of the molecule is NC(=O)N[C@H]1CCCN(c2ccc(N3CCC(O)(C(F)(F)F)CC3)cc2)C1=O. The van der Waals surface area contributed by atoms with Gasteiger partial charge in [0.2, 0.25) is 5.91 Å². The highest BCUT2D eigenvalue weighted by Crippen LogP contribution is 2.39. The zero-order chi connectivity index (χ0) is 20.5. The van der Waals surface area contributed by atoms with Gasteiger partial charge in [0.25, 0.3) is 0 Å². The number of anilines is 2. The molecule has 0 aliphatic carbocycles. The lowest BCUT2D eigenvalue weighted by atomic mass is 9.90. The molecular weight excluding hydrogens is 377 g/mol. The topological polar surface area (TPSA) is 98.9 Å². The molecule has 10 heteroatoms. The molecule has 1 aromatic carbocycles. The van der Waals surface area contributed by atoms with Gasteiger partial charge in [-0.25, -0.2) is 4.79 Å². The summed E-state index contributed by atoms with van der Waals surface area (Å²) in [6, 6.07) is 5.53. The second-order valence-electron chi connectivity index (χ2n) is 7.23. The van der Waals surface area contributed by atoms with Gasteiger partial charge < -0.3 is 26.0 Å². The summed E-state index contributed by atoms with van der Waals surface area (Å²) in [6.45, 7) is 0.683. The van der Waals surface area contributed by atoms with Crippen LogP contribution in [0.2, 0.25) is 0 Å². The number of urea groups is 1. The lowest BCUT2D eigenvalue weighted by molar-refractivity contribution is -0.266. The fourth-order valence-corrected chi connectivity index (χ4v) is 3.70. The van der Waals surface area contributed by atoms with E-state index < -0.39 is 23.9 Å². The Balaban J connectivity index is 1.66. The zero-order valence-corrected chi connectivity index (χ0v) is 15.2. The molecular formula is C18H23F3N4O3. The average Bonchev–Trinajstić information content (AvgIpc) is 2.63. The molecule has 2 heterocycles. The van der Waals surface area contributed by atoms with Crippen molar-refractivity contribution in [2.75, 3.05) is 29.4 Å². The third kappa shape index (κ3) is 4.01. The Labute approximate surface area is 160 Å². The van der Waals surface area contributed by atoms with E-state index in [2.05, 4.69) is 5.32 Å². The number of hydrogen-bond donors (Lipinski definition) is 3. The largest absolute Gasteiger partial charge is 0.417 e. The molecule has 2 aliphatic heterocycles. The number of hydrogen-bond acceptors (Lipinski definition) is 4. The molecule has 3 rings (SSSR count). The highest BCUT2D eigenvalue weighted by molar-refractivity contribution is 5.99. The molecule has 2 aliphatic rings. The number of amides is 3. The molecule has 0 saturated carbocycles. The fourth-order valence-electron chi connectivity index (χ4n) is 3.70. The van der Waals surface area contributed by atoms with Crippen LogP contribution in [-0.4, -0.2) is 54.5 Å². The second-order valence-corrected chi connectivity index (χ2v) is 7.23. The van der Waals surface area contributed by atoms with E-state index in [1.165, 1.54) is 0 Å². The zero-order valence-electron chi connectivity index (χ0n) is 15.2. The summed E-state index contributed by atoms with van der Waals surface area (Å²) in [5.41, 5.74) is 3.84. The Morgan fingerprint density at radius 3 is 2.25 bits per heavy atom. The predicted molar refractivity (Wildman–Crippen MR) is 97.0 cm³/mol. The molecule has 1 aromatic rings. The first-order valence-electron chi connectivity index (χ1n) is 9.12. The summed E-state index contributed by atoms with van der Waals surface area (Å²) in [7, 11) is 0. The van der Waals surface area contributed by atoms with E-state index in [0.717, 1.165) is 5.69 Å². The number of carbonyl (C=O) groups excluding carboxylic acids is 2. The molecule has 1 atom stereocenters. The Bertz CT molecular complexity index is 731. The maximum atomic E-state index is 12.9. The van der Waals surface area contributed by atoms with Gasteiger partial charge in [-0.3, -0.25) is 4.79 Å². The van der Waals surface area contributed by atoms with Gasteiger partial charge in [0.05, 0.1) is 0 Å². The van der Waals surface area contributed by atoms with E-state index in [4.69, 9.17) is 5.73 Å². The minimum atomic E-state index is -4.63. The number of carbonyl (C=O) groups is 2. The van der Waals surface area contributed by atoms with Crippen LogP contribution in [0, 0.1) is 0 Å². The van der Waals surface area contributed by atoms with Gasteiger partial charge in [0, 0.05) is 43.9 Å². The Kier molecular flexibility index (Phi) is 5.42. The standard InChI is InChI=1S/C18H23F3N4O3/c19-18(20,21)17(28)7-10-24(11-8-17)12-3-5-13(6-4-12)25-9-1-2-14(15(25)26)23-16(22)27/h3-6,14,28H,1-2,7-11H2,(H3,22,23,27)/t14-/m0/s1. The smallest absolute Gasteiger partial charge is 0.380 e. The number of benzene rings is 1. The highest BCUT2D eigenvalue weighted by Gasteiger charge is 2.54. The number of piperidine rings is 2. The number of primary amides is 1. The lowest BCUT2D eigenvalue weighted by Gasteiger charge is -2.40. The van der Waals surface area contributed by atoms with E-state index in [1.54, 1.807) is 34.1 Å². The minimum Gasteiger partial charge on any atom is -0.380 e. The van der Waals surface area contributed by atoms with Crippen molar-refractivity contribution in [1.29, 1.82) is 0 Å². The number of alkyl halides is 3. The molecule has 2 fully saturated rings. The Morgan fingerprint density at radius 1 is 1.14 bits per heavy atom. The number of aliphatic hydroxyl groups is 1. The van der Waals surface area contributed by atoms with Crippen molar-refractivity contribution in [2.24, 2.45) is 5.73 Å². The van der Waals surface area contributed by atoms with Crippen molar-refractivity contribution in [3.05, 3.63) is 24.3 Å². The van der Waals surface area contributed by atoms with Crippen molar-refractivity contribution in [3.8, 4) is 0 Å². The van der Waals surface area contributed by atoms with E-state index in [1.807, 2.05) is 0 Å². The predicted octanol–water partition coefficient (Wildman–Crippen LogP) is 1.74. The summed E-state index contributed by atoms with van der Waals surface area (Å²) >= 11 is 0. The molecule has 0 unspecified atom stereocenters. The quantitative estimate of drug-likeness (QED) is 0.720. The summed E-state index contributed by atoms with van der Waals surface area (Å²) in [5.74, 6) is -0.244. The third-order valence-corrected chi connectivity index (χ3v) is 5.40. The molecule has 28 heavy (non-hydrogen) atoms. The normalized spacial score (nSPS) is 22.9. The molecule has 0 bridgehead atoms. The van der Waals surface area contributed by atoms with Crippen molar-refractivity contribution < 1.29 is 27.9 Å². The number of rotatable bonds is 3. The molecule has 3 amide bonds. The van der Waals surface area contributed by atoms with Crippen molar-refractivity contribution in [3.63, 3.8) is 0 Å². The summed E-state index contributed by atoms with van der Waals surface area (Å²) in [5, 5.41) is 12.2. The van der Waals surface area contributed by atoms with Gasteiger partial charge in [-0.2, -0.15) is 13.2 Å². The minimum absolute atomic E-state index is 0.0859. The van der Waals surface area contributed by atoms with Crippen LogP contribution in [0.25, 0.3) is 0 Å². The van der Waals surface area contributed by atoms with Crippen molar-refractivity contribution in [2.45, 2.75) is 43.5 Å². The number of nitrogens with one attached hydrogen (secondary N) is 1. The first kappa shape index (κ1) is 20.2. The molecule has 7 nitrogen and oxygen atoms in total. The van der Waals surface area contributed by atoms with Crippen molar-refractivity contribution >= 4 is 23.3 Å². The van der Waals surface area contributed by atoms with Crippen LogP contribution in [-0.2, 0) is 4.79 Å². The van der Waals surface area contributed by atoms with Gasteiger partial charge in [-0.05, 0) is 37.1 Å². The Hall–Kier alpha value is -2.49. The maximum absolute atomic E-state index is 12.9. The molecule has 0 radical (unpaired) electrons. The summed E-state index contributed by atoms with van der Waals surface area (Å²) in [6.07, 6.45) is -4.17. The van der Waals surface area contributed by atoms with E-state index in [-0.39, 0.29) is 31.8 Å². The monoisotopic (exact) mass is 400 g/mol. The molecule has 154 valence electrons. The summed E-state index contributed by atoms with van der Waals surface area (Å²) < 4.78 is 38.8. The van der Waals surface area contributed by atoms with E-state index in [9.17, 15) is 27.9 Å². The molecule has 2 saturated heterocycles. The Morgan fingerprint density at radius 2 is 1.71 bits per heavy atom. The van der Waals surface area contributed by atoms with Gasteiger partial charge in [-0.15, -0.1) is 0 Å². The number of halogens is 3. The number of nitrogens with zero attached hydrogens (tertiary/aromatic N) is 2. The van der Waals surface area contributed by atoms with Gasteiger partial charge in [-0.1, -0.05) is 0 Å².